The fourth-order valence-corrected chi connectivity index (χ4v) is 3.98. The summed E-state index contributed by atoms with van der Waals surface area (Å²) >= 11 is 1.85. The number of nitrogens with zero attached hydrogens (tertiary/aromatic N) is 2. The van der Waals surface area contributed by atoms with Crippen molar-refractivity contribution in [3.63, 3.8) is 0 Å². The quantitative estimate of drug-likeness (QED) is 0.864. The average molecular weight is 306 g/mol. The third-order valence-electron chi connectivity index (χ3n) is 4.11. The van der Waals surface area contributed by atoms with Gasteiger partial charge >= 0.3 is 12.0 Å². The number of anilines is 1. The fourth-order valence-electron chi connectivity index (χ4n) is 2.97. The van der Waals surface area contributed by atoms with Crippen molar-refractivity contribution < 1.29 is 14.7 Å². The molecule has 2 unspecified atom stereocenters. The van der Waals surface area contributed by atoms with E-state index in [0.29, 0.717) is 0 Å². The average Bonchev–Trinajstić information content (AvgIpc) is 2.87. The molecular formula is C15H18N2O3S. The van der Waals surface area contributed by atoms with E-state index in [2.05, 4.69) is 0 Å². The Morgan fingerprint density at radius 1 is 1.33 bits per heavy atom. The van der Waals surface area contributed by atoms with Crippen LogP contribution in [0.25, 0.3) is 0 Å². The van der Waals surface area contributed by atoms with Crippen LogP contribution in [0.3, 0.4) is 0 Å². The largest absolute Gasteiger partial charge is 0.481 e. The molecule has 0 aromatic heterocycles. The zero-order chi connectivity index (χ0) is 15.0. The first-order chi connectivity index (χ1) is 10.1. The van der Waals surface area contributed by atoms with Crippen molar-refractivity contribution in [1.82, 2.24) is 4.90 Å². The minimum atomic E-state index is -0.875. The first-order valence-corrected chi connectivity index (χ1v) is 8.22. The number of hydrogen-bond donors (Lipinski definition) is 1. The minimum absolute atomic E-state index is 0.0704. The van der Waals surface area contributed by atoms with E-state index in [0.717, 1.165) is 29.3 Å². The highest BCUT2D eigenvalue weighted by atomic mass is 32.2. The van der Waals surface area contributed by atoms with Crippen molar-refractivity contribution in [2.75, 3.05) is 29.5 Å². The van der Waals surface area contributed by atoms with Crippen LogP contribution in [-0.2, 0) is 4.79 Å². The molecule has 0 bridgehead atoms. The predicted octanol–water partition coefficient (Wildman–Crippen LogP) is 2.23. The summed E-state index contributed by atoms with van der Waals surface area (Å²) in [6.45, 7) is 2.99. The molecule has 0 aliphatic carbocycles. The number of carboxylic acids is 1. The number of hydrogen-bond acceptors (Lipinski definition) is 3. The SMILES string of the molecule is CC1CSCCN1C(=O)N1CC(C(=O)O)c2ccccc21. The molecule has 1 N–H and O–H groups in total. The molecule has 3 rings (SSSR count). The minimum Gasteiger partial charge on any atom is -0.481 e. The Kier molecular flexibility index (Phi) is 3.80. The van der Waals surface area contributed by atoms with Crippen molar-refractivity contribution in [3.8, 4) is 0 Å². The molecule has 0 radical (unpaired) electrons. The summed E-state index contributed by atoms with van der Waals surface area (Å²) in [5.41, 5.74) is 1.47. The highest BCUT2D eigenvalue weighted by Gasteiger charge is 2.39. The fraction of sp³-hybridized carbons (Fsp3) is 0.467. The highest BCUT2D eigenvalue weighted by molar-refractivity contribution is 7.99. The third kappa shape index (κ3) is 2.48. The Morgan fingerprint density at radius 3 is 2.81 bits per heavy atom. The first kappa shape index (κ1) is 14.3. The van der Waals surface area contributed by atoms with Gasteiger partial charge in [-0.15, -0.1) is 0 Å². The van der Waals surface area contributed by atoms with Gasteiger partial charge in [-0.05, 0) is 18.6 Å². The highest BCUT2D eigenvalue weighted by Crippen LogP contribution is 2.37. The molecule has 0 spiro atoms. The lowest BCUT2D eigenvalue weighted by Gasteiger charge is -2.36. The number of urea groups is 1. The lowest BCUT2D eigenvalue weighted by molar-refractivity contribution is -0.138. The molecule has 21 heavy (non-hydrogen) atoms. The predicted molar refractivity (Wildman–Crippen MR) is 83.1 cm³/mol. The molecule has 2 amide bonds. The molecular weight excluding hydrogens is 288 g/mol. The van der Waals surface area contributed by atoms with E-state index < -0.39 is 11.9 Å². The number of fused-ring (bicyclic) bond motifs is 1. The second kappa shape index (κ2) is 5.60. The van der Waals surface area contributed by atoms with Gasteiger partial charge < -0.3 is 10.0 Å². The monoisotopic (exact) mass is 306 g/mol. The van der Waals surface area contributed by atoms with Crippen LogP contribution in [-0.4, -0.2) is 52.6 Å². The van der Waals surface area contributed by atoms with E-state index in [4.69, 9.17) is 0 Å². The van der Waals surface area contributed by atoms with Crippen LogP contribution < -0.4 is 4.90 Å². The number of aliphatic carboxylic acids is 1. The van der Waals surface area contributed by atoms with Crippen LogP contribution in [0.4, 0.5) is 10.5 Å². The van der Waals surface area contributed by atoms with Gasteiger partial charge in [-0.3, -0.25) is 9.69 Å². The lowest BCUT2D eigenvalue weighted by atomic mass is 10.0. The maximum absolute atomic E-state index is 12.8. The molecule has 2 aliphatic heterocycles. The van der Waals surface area contributed by atoms with Crippen molar-refractivity contribution in [1.29, 1.82) is 0 Å². The standard InChI is InChI=1S/C15H18N2O3S/c1-10-9-21-7-6-16(10)15(20)17-8-12(14(18)19)11-4-2-3-5-13(11)17/h2-5,10,12H,6-9H2,1H3,(H,18,19). The third-order valence-corrected chi connectivity index (χ3v) is 5.30. The smallest absolute Gasteiger partial charge is 0.324 e. The number of para-hydroxylation sites is 1. The molecule has 6 heteroatoms. The first-order valence-electron chi connectivity index (χ1n) is 7.07. The molecule has 1 aromatic rings. The molecule has 5 nitrogen and oxygen atoms in total. The number of rotatable bonds is 1. The van der Waals surface area contributed by atoms with E-state index in [1.54, 1.807) is 11.0 Å². The number of benzene rings is 1. The normalized spacial score (nSPS) is 24.8. The Morgan fingerprint density at radius 2 is 2.10 bits per heavy atom. The van der Waals surface area contributed by atoms with Gasteiger partial charge in [0.05, 0.1) is 0 Å². The van der Waals surface area contributed by atoms with Crippen molar-refractivity contribution in [3.05, 3.63) is 29.8 Å². The van der Waals surface area contributed by atoms with E-state index in [1.807, 2.05) is 41.8 Å². The van der Waals surface area contributed by atoms with Gasteiger partial charge in [0.1, 0.15) is 5.92 Å². The van der Waals surface area contributed by atoms with Crippen LogP contribution in [0.15, 0.2) is 24.3 Å². The molecule has 1 fully saturated rings. The summed E-state index contributed by atoms with van der Waals surface area (Å²) in [4.78, 5) is 27.7. The van der Waals surface area contributed by atoms with Crippen molar-refractivity contribution in [2.24, 2.45) is 0 Å². The van der Waals surface area contributed by atoms with Gasteiger partial charge in [-0.1, -0.05) is 18.2 Å². The molecule has 1 saturated heterocycles. The number of thioether (sulfide) groups is 1. The van der Waals surface area contributed by atoms with Crippen LogP contribution in [0.1, 0.15) is 18.4 Å². The summed E-state index contributed by atoms with van der Waals surface area (Å²) in [7, 11) is 0. The van der Waals surface area contributed by atoms with Crippen molar-refractivity contribution >= 4 is 29.4 Å². The summed E-state index contributed by atoms with van der Waals surface area (Å²) in [5, 5.41) is 9.37. The van der Waals surface area contributed by atoms with E-state index in [9.17, 15) is 14.7 Å². The van der Waals surface area contributed by atoms with Crippen LogP contribution in [0.2, 0.25) is 0 Å². The number of amides is 2. The molecule has 112 valence electrons. The molecule has 2 aliphatic rings. The zero-order valence-electron chi connectivity index (χ0n) is 11.9. The molecule has 1 aromatic carbocycles. The molecule has 2 heterocycles. The van der Waals surface area contributed by atoms with Gasteiger partial charge in [0.25, 0.3) is 0 Å². The van der Waals surface area contributed by atoms with Crippen LogP contribution >= 0.6 is 11.8 Å². The maximum atomic E-state index is 12.8. The zero-order valence-corrected chi connectivity index (χ0v) is 12.7. The van der Waals surface area contributed by atoms with Gasteiger partial charge in [0.15, 0.2) is 0 Å². The number of carboxylic acid groups (broad SMARTS) is 1. The molecule has 2 atom stereocenters. The van der Waals surface area contributed by atoms with Crippen LogP contribution in [0, 0.1) is 0 Å². The van der Waals surface area contributed by atoms with E-state index >= 15 is 0 Å². The lowest BCUT2D eigenvalue weighted by Crippen LogP contribution is -2.51. The Hall–Kier alpha value is -1.69. The van der Waals surface area contributed by atoms with E-state index in [1.165, 1.54) is 0 Å². The Bertz CT molecular complexity index is 578. The summed E-state index contributed by atoms with van der Waals surface area (Å²) in [6, 6.07) is 7.42. The van der Waals surface area contributed by atoms with Crippen molar-refractivity contribution in [2.45, 2.75) is 18.9 Å². The van der Waals surface area contributed by atoms with Gasteiger partial charge in [-0.2, -0.15) is 11.8 Å². The Balaban J connectivity index is 1.89. The summed E-state index contributed by atoms with van der Waals surface area (Å²) in [5.74, 6) is 0.372. The summed E-state index contributed by atoms with van der Waals surface area (Å²) < 4.78 is 0. The van der Waals surface area contributed by atoms with Gasteiger partial charge in [0.2, 0.25) is 0 Å². The van der Waals surface area contributed by atoms with E-state index in [-0.39, 0.29) is 18.6 Å². The van der Waals surface area contributed by atoms with Gasteiger partial charge in [0, 0.05) is 36.3 Å². The Labute approximate surface area is 127 Å². The topological polar surface area (TPSA) is 60.9 Å². The second-order valence-corrected chi connectivity index (χ2v) is 6.61. The number of carbonyl (C=O) groups is 2. The van der Waals surface area contributed by atoms with Crippen LogP contribution in [0.5, 0.6) is 0 Å². The van der Waals surface area contributed by atoms with Gasteiger partial charge in [-0.25, -0.2) is 4.79 Å². The molecule has 0 saturated carbocycles. The second-order valence-electron chi connectivity index (χ2n) is 5.46. The number of carbonyl (C=O) groups excluding carboxylic acids is 1. The maximum Gasteiger partial charge on any atom is 0.324 e. The summed E-state index contributed by atoms with van der Waals surface area (Å²) in [6.07, 6.45) is 0.